The Bertz CT molecular complexity index is 1520. The maximum atomic E-state index is 13.7. The molecule has 0 unspecified atom stereocenters. The number of carbonyl (C=O) groups excluding carboxylic acids is 1. The Labute approximate surface area is 222 Å². The molecule has 37 heavy (non-hydrogen) atoms. The van der Waals surface area contributed by atoms with Gasteiger partial charge in [0.1, 0.15) is 5.75 Å². The van der Waals surface area contributed by atoms with Crippen molar-refractivity contribution in [2.45, 2.75) is 25.3 Å². The summed E-state index contributed by atoms with van der Waals surface area (Å²) in [6.45, 7) is 3.83. The number of ether oxygens (including phenoxy) is 1. The highest BCUT2D eigenvalue weighted by molar-refractivity contribution is 7.92. The van der Waals surface area contributed by atoms with E-state index in [1.165, 1.54) is 4.31 Å². The molecule has 4 aromatic rings. The molecule has 0 saturated carbocycles. The van der Waals surface area contributed by atoms with Crippen LogP contribution in [0.4, 0.5) is 11.4 Å². The minimum absolute atomic E-state index is 0.0615. The number of carbonyl (C=O) groups is 1. The molecule has 6 nitrogen and oxygen atoms in total. The van der Waals surface area contributed by atoms with E-state index in [-0.39, 0.29) is 17.3 Å². The maximum Gasteiger partial charge on any atom is 0.264 e. The Morgan fingerprint density at radius 1 is 0.919 bits per heavy atom. The number of sulfonamides is 1. The van der Waals surface area contributed by atoms with Crippen LogP contribution < -0.4 is 14.4 Å². The van der Waals surface area contributed by atoms with Crippen LogP contribution in [0.25, 0.3) is 0 Å². The monoisotopic (exact) mass is 534 g/mol. The first-order valence-corrected chi connectivity index (χ1v) is 13.4. The number of benzene rings is 4. The van der Waals surface area contributed by atoms with Crippen molar-refractivity contribution in [3.05, 3.63) is 118 Å². The van der Waals surface area contributed by atoms with Gasteiger partial charge in [0.15, 0.2) is 0 Å². The van der Waals surface area contributed by atoms with Gasteiger partial charge in [-0.05, 0) is 79.1 Å². The molecule has 190 valence electrons. The van der Waals surface area contributed by atoms with Gasteiger partial charge in [-0.15, -0.1) is 0 Å². The van der Waals surface area contributed by atoms with E-state index in [0.717, 1.165) is 11.1 Å². The van der Waals surface area contributed by atoms with E-state index in [2.05, 4.69) is 5.32 Å². The highest BCUT2D eigenvalue weighted by atomic mass is 35.5. The number of hydrogen-bond donors (Lipinski definition) is 1. The molecule has 4 rings (SSSR count). The van der Waals surface area contributed by atoms with E-state index in [0.29, 0.717) is 33.3 Å². The average molecular weight is 535 g/mol. The summed E-state index contributed by atoms with van der Waals surface area (Å²) in [5, 5.41) is 3.32. The number of halogens is 1. The lowest BCUT2D eigenvalue weighted by Gasteiger charge is -2.26. The molecule has 0 heterocycles. The van der Waals surface area contributed by atoms with Crippen LogP contribution in [0.5, 0.6) is 5.75 Å². The molecule has 0 saturated heterocycles. The van der Waals surface area contributed by atoms with Crippen molar-refractivity contribution in [3.63, 3.8) is 0 Å². The van der Waals surface area contributed by atoms with Crippen LogP contribution >= 0.6 is 11.6 Å². The minimum atomic E-state index is -3.89. The maximum absolute atomic E-state index is 13.7. The van der Waals surface area contributed by atoms with Crippen LogP contribution in [-0.2, 0) is 16.6 Å². The van der Waals surface area contributed by atoms with Crippen molar-refractivity contribution in [3.8, 4) is 5.75 Å². The first kappa shape index (κ1) is 26.3. The summed E-state index contributed by atoms with van der Waals surface area (Å²) in [7, 11) is -2.34. The zero-order chi connectivity index (χ0) is 26.6. The van der Waals surface area contributed by atoms with Crippen molar-refractivity contribution in [2.75, 3.05) is 16.7 Å². The fourth-order valence-corrected chi connectivity index (χ4v) is 5.61. The normalized spacial score (nSPS) is 11.1. The molecule has 1 amide bonds. The van der Waals surface area contributed by atoms with Crippen LogP contribution in [0, 0.1) is 13.8 Å². The molecule has 0 aliphatic carbocycles. The third kappa shape index (κ3) is 5.96. The van der Waals surface area contributed by atoms with Crippen LogP contribution in [0.3, 0.4) is 0 Å². The SMILES string of the molecule is COc1ccc(C)cc1NC(=O)c1ccc(CN(c2cc(Cl)ccc2C)S(=O)(=O)c2ccccc2)cc1. The standard InChI is InChI=1S/C29H27ClN2O4S/c1-20-9-16-28(36-3)26(17-20)31-29(33)23-13-11-22(12-14-23)19-32(27-18-24(30)15-10-21(27)2)37(34,35)25-7-5-4-6-8-25/h4-18H,19H2,1-3H3,(H,31,33). The Hall–Kier alpha value is -3.81. The van der Waals surface area contributed by atoms with Gasteiger partial charge in [0.2, 0.25) is 0 Å². The summed E-state index contributed by atoms with van der Waals surface area (Å²) in [5.74, 6) is 0.268. The molecule has 0 aliphatic rings. The number of amides is 1. The lowest BCUT2D eigenvalue weighted by Crippen LogP contribution is -2.31. The second-order valence-electron chi connectivity index (χ2n) is 8.61. The number of nitrogens with zero attached hydrogens (tertiary/aromatic N) is 1. The highest BCUT2D eigenvalue weighted by Crippen LogP contribution is 2.31. The predicted octanol–water partition coefficient (Wildman–Crippen LogP) is 6.61. The summed E-state index contributed by atoms with van der Waals surface area (Å²) in [6.07, 6.45) is 0. The summed E-state index contributed by atoms with van der Waals surface area (Å²) >= 11 is 6.24. The second kappa shape index (κ2) is 11.1. The molecule has 1 N–H and O–H groups in total. The number of rotatable bonds is 8. The molecule has 8 heteroatoms. The topological polar surface area (TPSA) is 75.7 Å². The Morgan fingerprint density at radius 2 is 1.62 bits per heavy atom. The zero-order valence-corrected chi connectivity index (χ0v) is 22.3. The van der Waals surface area contributed by atoms with Gasteiger partial charge < -0.3 is 10.1 Å². The molecule has 0 fully saturated rings. The predicted molar refractivity (Wildman–Crippen MR) is 148 cm³/mol. The first-order valence-electron chi connectivity index (χ1n) is 11.6. The third-order valence-corrected chi connectivity index (χ3v) is 7.93. The molecule has 0 aromatic heterocycles. The summed E-state index contributed by atoms with van der Waals surface area (Å²) in [4.78, 5) is 13.1. The van der Waals surface area contributed by atoms with Crippen molar-refractivity contribution >= 4 is 38.9 Å². The summed E-state index contributed by atoms with van der Waals surface area (Å²) < 4.78 is 34.0. The minimum Gasteiger partial charge on any atom is -0.495 e. The van der Waals surface area contributed by atoms with Gasteiger partial charge in [-0.25, -0.2) is 8.42 Å². The largest absolute Gasteiger partial charge is 0.495 e. The van der Waals surface area contributed by atoms with Crippen LogP contribution in [0.1, 0.15) is 27.0 Å². The summed E-state index contributed by atoms with van der Waals surface area (Å²) in [6, 6.07) is 25.8. The lowest BCUT2D eigenvalue weighted by molar-refractivity contribution is 0.102. The number of anilines is 2. The fraction of sp³-hybridized carbons (Fsp3) is 0.138. The molecule has 0 radical (unpaired) electrons. The van der Waals surface area contributed by atoms with Gasteiger partial charge in [-0.1, -0.05) is 54.1 Å². The van der Waals surface area contributed by atoms with Gasteiger partial charge in [0, 0.05) is 10.6 Å². The van der Waals surface area contributed by atoms with E-state index in [4.69, 9.17) is 16.3 Å². The third-order valence-electron chi connectivity index (χ3n) is 5.92. The van der Waals surface area contributed by atoms with Crippen molar-refractivity contribution < 1.29 is 17.9 Å². The molecule has 0 spiro atoms. The molecule has 4 aromatic carbocycles. The van der Waals surface area contributed by atoms with Crippen molar-refractivity contribution in [1.82, 2.24) is 0 Å². The van der Waals surface area contributed by atoms with E-state index < -0.39 is 10.0 Å². The Balaban J connectivity index is 1.63. The van der Waals surface area contributed by atoms with Crippen molar-refractivity contribution in [2.24, 2.45) is 0 Å². The van der Waals surface area contributed by atoms with E-state index in [1.807, 2.05) is 26.0 Å². The van der Waals surface area contributed by atoms with Gasteiger partial charge in [0.25, 0.3) is 15.9 Å². The second-order valence-corrected chi connectivity index (χ2v) is 10.9. The lowest BCUT2D eigenvalue weighted by atomic mass is 10.1. The van der Waals surface area contributed by atoms with Gasteiger partial charge >= 0.3 is 0 Å². The molecular weight excluding hydrogens is 508 g/mol. The zero-order valence-electron chi connectivity index (χ0n) is 20.7. The average Bonchev–Trinajstić information content (AvgIpc) is 2.89. The van der Waals surface area contributed by atoms with Crippen LogP contribution in [-0.4, -0.2) is 21.4 Å². The quantitative estimate of drug-likeness (QED) is 0.276. The smallest absolute Gasteiger partial charge is 0.264 e. The number of methoxy groups -OCH3 is 1. The van der Waals surface area contributed by atoms with Crippen LogP contribution in [0.15, 0.2) is 95.9 Å². The Kier molecular flexibility index (Phi) is 7.86. The molecule has 0 aliphatic heterocycles. The highest BCUT2D eigenvalue weighted by Gasteiger charge is 2.26. The first-order chi connectivity index (χ1) is 17.7. The molecule has 0 bridgehead atoms. The molecular formula is C29H27ClN2O4S. The summed E-state index contributed by atoms with van der Waals surface area (Å²) in [5.41, 5.74) is 3.97. The van der Waals surface area contributed by atoms with E-state index in [1.54, 1.807) is 86.0 Å². The van der Waals surface area contributed by atoms with Crippen molar-refractivity contribution in [1.29, 1.82) is 0 Å². The number of nitrogens with one attached hydrogen (secondary N) is 1. The van der Waals surface area contributed by atoms with E-state index in [9.17, 15) is 13.2 Å². The fourth-order valence-electron chi connectivity index (χ4n) is 3.91. The molecule has 0 atom stereocenters. The van der Waals surface area contributed by atoms with Crippen LogP contribution in [0.2, 0.25) is 5.02 Å². The van der Waals surface area contributed by atoms with E-state index >= 15 is 0 Å². The number of aryl methyl sites for hydroxylation is 2. The van der Waals surface area contributed by atoms with Gasteiger partial charge in [0.05, 0.1) is 29.9 Å². The van der Waals surface area contributed by atoms with Gasteiger partial charge in [-0.3, -0.25) is 9.10 Å². The number of hydrogen-bond acceptors (Lipinski definition) is 4. The Morgan fingerprint density at radius 3 is 2.30 bits per heavy atom. The van der Waals surface area contributed by atoms with Gasteiger partial charge in [-0.2, -0.15) is 0 Å².